The average Bonchev–Trinajstić information content (AvgIpc) is 2.55. The zero-order valence-corrected chi connectivity index (χ0v) is 10.5. The summed E-state index contributed by atoms with van der Waals surface area (Å²) in [7, 11) is 0. The van der Waals surface area contributed by atoms with Crippen LogP contribution in [0.25, 0.3) is 11.1 Å². The molecule has 1 aliphatic rings. The average molecular weight is 238 g/mol. The normalized spacial score (nSPS) is 14.7. The molecule has 0 saturated carbocycles. The predicted molar refractivity (Wildman–Crippen MR) is 75.0 cm³/mol. The first kappa shape index (κ1) is 11.5. The Bertz CT molecular complexity index is 501. The monoisotopic (exact) mass is 238 g/mol. The van der Waals surface area contributed by atoms with Gasteiger partial charge < -0.3 is 5.73 Å². The SMILES string of the molecule is NCCN1Cc2ccccc2-c2ccccc2C1. The van der Waals surface area contributed by atoms with Crippen LogP contribution in [-0.4, -0.2) is 18.0 Å². The third-order valence-corrected chi connectivity index (χ3v) is 3.56. The molecule has 0 saturated heterocycles. The molecule has 2 aromatic rings. The molecule has 0 bridgehead atoms. The van der Waals surface area contributed by atoms with E-state index < -0.39 is 0 Å². The van der Waals surface area contributed by atoms with E-state index in [1.54, 1.807) is 0 Å². The molecule has 2 N–H and O–H groups in total. The minimum absolute atomic E-state index is 0.713. The minimum Gasteiger partial charge on any atom is -0.329 e. The Labute approximate surface area is 108 Å². The van der Waals surface area contributed by atoms with Gasteiger partial charge in [-0.2, -0.15) is 0 Å². The van der Waals surface area contributed by atoms with Gasteiger partial charge in [0, 0.05) is 26.2 Å². The van der Waals surface area contributed by atoms with Gasteiger partial charge in [0.05, 0.1) is 0 Å². The van der Waals surface area contributed by atoms with Crippen LogP contribution in [0, 0.1) is 0 Å². The minimum atomic E-state index is 0.713. The number of nitrogens with zero attached hydrogens (tertiary/aromatic N) is 1. The van der Waals surface area contributed by atoms with Crippen molar-refractivity contribution in [3.8, 4) is 11.1 Å². The van der Waals surface area contributed by atoms with Gasteiger partial charge in [-0.3, -0.25) is 4.90 Å². The van der Waals surface area contributed by atoms with Crippen molar-refractivity contribution in [3.05, 3.63) is 59.7 Å². The van der Waals surface area contributed by atoms with Gasteiger partial charge in [0.15, 0.2) is 0 Å². The van der Waals surface area contributed by atoms with E-state index in [2.05, 4.69) is 53.4 Å². The van der Waals surface area contributed by atoms with Crippen LogP contribution in [0.3, 0.4) is 0 Å². The van der Waals surface area contributed by atoms with Crippen molar-refractivity contribution in [1.29, 1.82) is 0 Å². The van der Waals surface area contributed by atoms with E-state index in [9.17, 15) is 0 Å². The van der Waals surface area contributed by atoms with Crippen LogP contribution in [-0.2, 0) is 13.1 Å². The van der Waals surface area contributed by atoms with Gasteiger partial charge in [0.1, 0.15) is 0 Å². The lowest BCUT2D eigenvalue weighted by atomic mass is 9.97. The van der Waals surface area contributed by atoms with Crippen LogP contribution >= 0.6 is 0 Å². The van der Waals surface area contributed by atoms with E-state index in [-0.39, 0.29) is 0 Å². The van der Waals surface area contributed by atoms with Crippen molar-refractivity contribution in [2.45, 2.75) is 13.1 Å². The number of nitrogens with two attached hydrogens (primary N) is 1. The zero-order chi connectivity index (χ0) is 12.4. The highest BCUT2D eigenvalue weighted by Crippen LogP contribution is 2.31. The topological polar surface area (TPSA) is 29.3 Å². The van der Waals surface area contributed by atoms with Crippen molar-refractivity contribution >= 4 is 0 Å². The first-order chi connectivity index (χ1) is 8.88. The highest BCUT2D eigenvalue weighted by atomic mass is 15.1. The summed E-state index contributed by atoms with van der Waals surface area (Å²) in [4.78, 5) is 2.42. The first-order valence-corrected chi connectivity index (χ1v) is 6.47. The fourth-order valence-electron chi connectivity index (χ4n) is 2.72. The molecule has 0 spiro atoms. The Morgan fingerprint density at radius 2 is 1.33 bits per heavy atom. The van der Waals surface area contributed by atoms with Crippen molar-refractivity contribution < 1.29 is 0 Å². The van der Waals surface area contributed by atoms with Crippen LogP contribution in [0.2, 0.25) is 0 Å². The van der Waals surface area contributed by atoms with Crippen molar-refractivity contribution in [1.82, 2.24) is 4.90 Å². The Morgan fingerprint density at radius 3 is 1.83 bits per heavy atom. The van der Waals surface area contributed by atoms with Crippen LogP contribution in [0.5, 0.6) is 0 Å². The molecule has 0 fully saturated rings. The maximum Gasteiger partial charge on any atom is 0.0243 e. The summed E-state index contributed by atoms with van der Waals surface area (Å²) in [5, 5.41) is 0. The second-order valence-electron chi connectivity index (χ2n) is 4.81. The van der Waals surface area contributed by atoms with Crippen molar-refractivity contribution in [3.63, 3.8) is 0 Å². The van der Waals surface area contributed by atoms with Crippen LogP contribution in [0.1, 0.15) is 11.1 Å². The molecular formula is C16H18N2. The Kier molecular flexibility index (Phi) is 3.13. The molecule has 18 heavy (non-hydrogen) atoms. The molecule has 1 aliphatic heterocycles. The Hall–Kier alpha value is -1.64. The number of fused-ring (bicyclic) bond motifs is 3. The van der Waals surface area contributed by atoms with Gasteiger partial charge in [-0.1, -0.05) is 48.5 Å². The standard InChI is InChI=1S/C16H18N2/c17-9-10-18-11-13-5-1-3-7-15(13)16-8-4-2-6-14(16)12-18/h1-8H,9-12,17H2. The molecule has 2 heteroatoms. The lowest BCUT2D eigenvalue weighted by Gasteiger charge is -2.19. The van der Waals surface area contributed by atoms with Gasteiger partial charge in [-0.25, -0.2) is 0 Å². The molecule has 2 aromatic carbocycles. The summed E-state index contributed by atoms with van der Waals surface area (Å²) in [5.41, 5.74) is 11.2. The number of hydrogen-bond donors (Lipinski definition) is 1. The Morgan fingerprint density at radius 1 is 0.833 bits per heavy atom. The molecule has 0 aromatic heterocycles. The molecule has 92 valence electrons. The highest BCUT2D eigenvalue weighted by molar-refractivity contribution is 5.71. The summed E-state index contributed by atoms with van der Waals surface area (Å²) in [6.45, 7) is 3.64. The fourth-order valence-corrected chi connectivity index (χ4v) is 2.72. The van der Waals surface area contributed by atoms with E-state index in [1.807, 2.05) is 0 Å². The summed E-state index contributed by atoms with van der Waals surface area (Å²) >= 11 is 0. The fraction of sp³-hybridized carbons (Fsp3) is 0.250. The molecule has 1 heterocycles. The van der Waals surface area contributed by atoms with Gasteiger partial charge in [-0.05, 0) is 22.3 Å². The van der Waals surface area contributed by atoms with Crippen molar-refractivity contribution in [2.75, 3.05) is 13.1 Å². The largest absolute Gasteiger partial charge is 0.329 e. The predicted octanol–water partition coefficient (Wildman–Crippen LogP) is 2.63. The van der Waals surface area contributed by atoms with Crippen molar-refractivity contribution in [2.24, 2.45) is 5.73 Å². The van der Waals surface area contributed by atoms with Gasteiger partial charge in [-0.15, -0.1) is 0 Å². The number of rotatable bonds is 2. The summed E-state index contributed by atoms with van der Waals surface area (Å²) < 4.78 is 0. The highest BCUT2D eigenvalue weighted by Gasteiger charge is 2.17. The van der Waals surface area contributed by atoms with Crippen LogP contribution in [0.4, 0.5) is 0 Å². The second-order valence-corrected chi connectivity index (χ2v) is 4.81. The van der Waals surface area contributed by atoms with E-state index in [0.717, 1.165) is 19.6 Å². The number of benzene rings is 2. The maximum absolute atomic E-state index is 5.71. The van der Waals surface area contributed by atoms with E-state index in [0.29, 0.717) is 6.54 Å². The van der Waals surface area contributed by atoms with Gasteiger partial charge >= 0.3 is 0 Å². The lowest BCUT2D eigenvalue weighted by molar-refractivity contribution is 0.267. The summed E-state index contributed by atoms with van der Waals surface area (Å²) in [6, 6.07) is 17.4. The Balaban J connectivity index is 2.12. The lowest BCUT2D eigenvalue weighted by Crippen LogP contribution is -2.27. The molecule has 0 unspecified atom stereocenters. The van der Waals surface area contributed by atoms with E-state index in [1.165, 1.54) is 22.3 Å². The summed E-state index contributed by atoms with van der Waals surface area (Å²) in [5.74, 6) is 0. The first-order valence-electron chi connectivity index (χ1n) is 6.47. The molecule has 2 nitrogen and oxygen atoms in total. The molecule has 3 rings (SSSR count). The second kappa shape index (κ2) is 4.92. The quantitative estimate of drug-likeness (QED) is 0.871. The van der Waals surface area contributed by atoms with Gasteiger partial charge in [0.25, 0.3) is 0 Å². The molecule has 0 radical (unpaired) electrons. The maximum atomic E-state index is 5.71. The van der Waals surface area contributed by atoms with Crippen LogP contribution in [0.15, 0.2) is 48.5 Å². The molecule has 0 aliphatic carbocycles. The number of hydrogen-bond acceptors (Lipinski definition) is 2. The smallest absolute Gasteiger partial charge is 0.0243 e. The third-order valence-electron chi connectivity index (χ3n) is 3.56. The molecule has 0 atom stereocenters. The summed E-state index contributed by atoms with van der Waals surface area (Å²) in [6.07, 6.45) is 0. The van der Waals surface area contributed by atoms with E-state index in [4.69, 9.17) is 5.73 Å². The van der Waals surface area contributed by atoms with Gasteiger partial charge in [0.2, 0.25) is 0 Å². The van der Waals surface area contributed by atoms with Crippen LogP contribution < -0.4 is 5.73 Å². The third kappa shape index (κ3) is 2.05. The zero-order valence-electron chi connectivity index (χ0n) is 10.5. The molecule has 0 amide bonds. The molecular weight excluding hydrogens is 220 g/mol. The van der Waals surface area contributed by atoms with E-state index >= 15 is 0 Å².